The van der Waals surface area contributed by atoms with Gasteiger partial charge in [0.05, 0.1) is 6.54 Å². The Kier molecular flexibility index (Phi) is 6.88. The third-order valence-corrected chi connectivity index (χ3v) is 6.50. The Morgan fingerprint density at radius 2 is 2.00 bits per heavy atom. The number of ether oxygens (including phenoxy) is 1. The van der Waals surface area contributed by atoms with E-state index in [1.54, 1.807) is 24.3 Å². The molecule has 0 aliphatic carbocycles. The van der Waals surface area contributed by atoms with E-state index in [2.05, 4.69) is 23.7 Å². The van der Waals surface area contributed by atoms with Crippen LogP contribution in [0, 0.1) is 23.7 Å². The molecular formula is C19H20N2O7S. The predicted molar refractivity (Wildman–Crippen MR) is 104 cm³/mol. The molecule has 1 heterocycles. The highest BCUT2D eigenvalue weighted by Gasteiger charge is 2.48. The second kappa shape index (κ2) is 8.97. The summed E-state index contributed by atoms with van der Waals surface area (Å²) in [6.07, 6.45) is -0.981. The minimum Gasteiger partial charge on any atom is -0.444 e. The van der Waals surface area contributed by atoms with Crippen LogP contribution in [0.15, 0.2) is 24.3 Å². The van der Waals surface area contributed by atoms with Crippen LogP contribution in [0.5, 0.6) is 0 Å². The van der Waals surface area contributed by atoms with Gasteiger partial charge in [0.15, 0.2) is 14.6 Å². The number of aliphatic hydroxyl groups is 1. The first-order valence-electron chi connectivity index (χ1n) is 8.44. The molecule has 29 heavy (non-hydrogen) atoms. The zero-order valence-electron chi connectivity index (χ0n) is 15.8. The molecule has 0 radical (unpaired) electrons. The molecule has 0 saturated carbocycles. The summed E-state index contributed by atoms with van der Waals surface area (Å²) < 4.78 is 27.4. The van der Waals surface area contributed by atoms with Crippen molar-refractivity contribution in [1.82, 2.24) is 5.48 Å². The highest BCUT2D eigenvalue weighted by Crippen LogP contribution is 2.30. The lowest BCUT2D eigenvalue weighted by atomic mass is 10.0. The molecule has 0 aromatic heterocycles. The summed E-state index contributed by atoms with van der Waals surface area (Å²) in [6, 6.07) is 6.62. The minimum atomic E-state index is -3.91. The lowest BCUT2D eigenvalue weighted by Crippen LogP contribution is -2.51. The van der Waals surface area contributed by atoms with E-state index in [4.69, 9.17) is 15.1 Å². The van der Waals surface area contributed by atoms with Crippen molar-refractivity contribution in [3.63, 3.8) is 0 Å². The van der Waals surface area contributed by atoms with Crippen molar-refractivity contribution in [2.45, 2.75) is 24.2 Å². The lowest BCUT2D eigenvalue weighted by molar-refractivity contribution is -0.132. The topological polar surface area (TPSA) is 133 Å². The van der Waals surface area contributed by atoms with E-state index >= 15 is 0 Å². The van der Waals surface area contributed by atoms with Crippen LogP contribution >= 0.6 is 0 Å². The summed E-state index contributed by atoms with van der Waals surface area (Å²) in [7, 11) is -3.91. The normalized spacial score (nSPS) is 17.9. The standard InChI is InChI=1S/C19H20N2O7S/c1-19(17(23)20-25,29(2,26)27)12-16-13-21(18(24)28-16)15-9-7-14(8-10-15)6-4-3-5-11-22/h7-10,16,22,25H,11-13H2,1-2H3,(H,20,23)/t16-,19+/m0/s1. The smallest absolute Gasteiger partial charge is 0.414 e. The van der Waals surface area contributed by atoms with Crippen LogP contribution in [0.3, 0.4) is 0 Å². The van der Waals surface area contributed by atoms with Crippen molar-refractivity contribution >= 4 is 27.5 Å². The second-order valence-electron chi connectivity index (χ2n) is 6.52. The molecule has 1 fully saturated rings. The van der Waals surface area contributed by atoms with E-state index in [1.165, 1.54) is 10.4 Å². The van der Waals surface area contributed by atoms with Crippen LogP contribution in [0.4, 0.5) is 10.5 Å². The molecule has 2 rings (SSSR count). The average molecular weight is 420 g/mol. The SMILES string of the molecule is C[C@@](C[C@H]1CN(c2ccc(C#CC#CCO)cc2)C(=O)O1)(C(=O)NO)S(C)(=O)=O. The number of carbonyl (C=O) groups is 2. The Hall–Kier alpha value is -3.05. The highest BCUT2D eigenvalue weighted by atomic mass is 32.2. The number of hydroxylamine groups is 1. The van der Waals surface area contributed by atoms with E-state index in [9.17, 15) is 18.0 Å². The highest BCUT2D eigenvalue weighted by molar-refractivity contribution is 7.92. The number of sulfone groups is 1. The summed E-state index contributed by atoms with van der Waals surface area (Å²) in [4.78, 5) is 25.5. The van der Waals surface area contributed by atoms with Gasteiger partial charge >= 0.3 is 6.09 Å². The van der Waals surface area contributed by atoms with Gasteiger partial charge in [-0.1, -0.05) is 11.8 Å². The lowest BCUT2D eigenvalue weighted by Gasteiger charge is -2.26. The molecule has 9 nitrogen and oxygen atoms in total. The third-order valence-electron chi connectivity index (χ3n) is 4.51. The number of cyclic esters (lactones) is 1. The van der Waals surface area contributed by atoms with Gasteiger partial charge in [0.25, 0.3) is 5.91 Å². The fourth-order valence-electron chi connectivity index (χ4n) is 2.72. The summed E-state index contributed by atoms with van der Waals surface area (Å²) >= 11 is 0. The van der Waals surface area contributed by atoms with Crippen molar-refractivity contribution in [3.8, 4) is 23.7 Å². The van der Waals surface area contributed by atoms with Crippen molar-refractivity contribution in [2.24, 2.45) is 0 Å². The molecule has 1 aromatic rings. The molecule has 1 saturated heterocycles. The van der Waals surface area contributed by atoms with Crippen molar-refractivity contribution in [2.75, 3.05) is 24.3 Å². The molecule has 3 N–H and O–H groups in total. The largest absolute Gasteiger partial charge is 0.444 e. The van der Waals surface area contributed by atoms with Gasteiger partial charge in [0.2, 0.25) is 0 Å². The van der Waals surface area contributed by atoms with Gasteiger partial charge in [0, 0.05) is 23.9 Å². The average Bonchev–Trinajstić information content (AvgIpc) is 3.04. The maximum Gasteiger partial charge on any atom is 0.414 e. The molecule has 1 aromatic carbocycles. The van der Waals surface area contributed by atoms with Crippen LogP contribution < -0.4 is 10.4 Å². The number of amides is 2. The Morgan fingerprint density at radius 1 is 1.34 bits per heavy atom. The monoisotopic (exact) mass is 420 g/mol. The fraction of sp³-hybridized carbons (Fsp3) is 0.368. The van der Waals surface area contributed by atoms with Crippen LogP contribution in [0.25, 0.3) is 0 Å². The van der Waals surface area contributed by atoms with Gasteiger partial charge in [-0.2, -0.15) is 0 Å². The Bertz CT molecular complexity index is 1010. The summed E-state index contributed by atoms with van der Waals surface area (Å²) in [5.74, 6) is 9.13. The molecule has 154 valence electrons. The van der Waals surface area contributed by atoms with Gasteiger partial charge in [0.1, 0.15) is 12.7 Å². The number of nitrogens with one attached hydrogen (secondary N) is 1. The molecule has 0 unspecified atom stereocenters. The maximum atomic E-state index is 12.2. The molecule has 1 aliphatic heterocycles. The summed E-state index contributed by atoms with van der Waals surface area (Å²) in [5.41, 5.74) is 2.52. The van der Waals surface area contributed by atoms with Gasteiger partial charge in [-0.25, -0.2) is 18.7 Å². The number of benzene rings is 1. The van der Waals surface area contributed by atoms with E-state index in [1.807, 2.05) is 0 Å². The van der Waals surface area contributed by atoms with Crippen LogP contribution in [0.1, 0.15) is 18.9 Å². The number of hydrogen-bond acceptors (Lipinski definition) is 7. The zero-order valence-corrected chi connectivity index (χ0v) is 16.6. The Labute approximate surface area is 168 Å². The van der Waals surface area contributed by atoms with Crippen molar-refractivity contribution in [3.05, 3.63) is 29.8 Å². The molecule has 10 heteroatoms. The number of carbonyl (C=O) groups excluding carboxylic acids is 2. The molecule has 2 amide bonds. The first kappa shape index (κ1) is 22.2. The number of hydrogen-bond donors (Lipinski definition) is 3. The molecule has 0 bridgehead atoms. The van der Waals surface area contributed by atoms with Gasteiger partial charge < -0.3 is 9.84 Å². The van der Waals surface area contributed by atoms with Crippen molar-refractivity contribution in [1.29, 1.82) is 0 Å². The third kappa shape index (κ3) is 5.06. The number of aliphatic hydroxyl groups excluding tert-OH is 1. The Morgan fingerprint density at radius 3 is 2.55 bits per heavy atom. The first-order valence-corrected chi connectivity index (χ1v) is 10.3. The molecule has 1 aliphatic rings. The van der Waals surface area contributed by atoms with Crippen LogP contribution in [-0.2, 0) is 19.4 Å². The summed E-state index contributed by atoms with van der Waals surface area (Å²) in [5, 5.41) is 17.5. The number of nitrogens with zero attached hydrogens (tertiary/aromatic N) is 1. The quantitative estimate of drug-likeness (QED) is 0.348. The fourth-order valence-corrected chi connectivity index (χ4v) is 3.59. The molecule has 2 atom stereocenters. The minimum absolute atomic E-state index is 0.0374. The second-order valence-corrected chi connectivity index (χ2v) is 8.97. The van der Waals surface area contributed by atoms with Gasteiger partial charge in [-0.15, -0.1) is 0 Å². The van der Waals surface area contributed by atoms with Crippen LogP contribution in [-0.4, -0.2) is 61.0 Å². The molecule has 0 spiro atoms. The summed E-state index contributed by atoms with van der Waals surface area (Å²) in [6.45, 7) is 0.928. The number of anilines is 1. The molecular weight excluding hydrogens is 400 g/mol. The van der Waals surface area contributed by atoms with Gasteiger partial charge in [-0.3, -0.25) is 14.9 Å². The van der Waals surface area contributed by atoms with Crippen molar-refractivity contribution < 1.29 is 33.1 Å². The maximum absolute atomic E-state index is 12.2. The van der Waals surface area contributed by atoms with E-state index in [0.29, 0.717) is 11.3 Å². The zero-order chi connectivity index (χ0) is 21.7. The van der Waals surface area contributed by atoms with E-state index in [0.717, 1.165) is 13.2 Å². The first-order chi connectivity index (χ1) is 13.6. The Balaban J connectivity index is 2.15. The predicted octanol–water partition coefficient (Wildman–Crippen LogP) is 0.0578. The van der Waals surface area contributed by atoms with Gasteiger partial charge in [-0.05, 0) is 43.0 Å². The van der Waals surface area contributed by atoms with E-state index < -0.39 is 32.7 Å². The number of rotatable bonds is 5. The van der Waals surface area contributed by atoms with Crippen LogP contribution in [0.2, 0.25) is 0 Å². The van der Waals surface area contributed by atoms with E-state index in [-0.39, 0.29) is 19.6 Å².